The summed E-state index contributed by atoms with van der Waals surface area (Å²) in [6, 6.07) is 0.545. The minimum Gasteiger partial charge on any atom is -0.383 e. The molecule has 1 rings (SSSR count). The molecule has 0 aliphatic carbocycles. The van der Waals surface area contributed by atoms with Crippen LogP contribution in [0.5, 0.6) is 0 Å². The first-order valence-electron chi connectivity index (χ1n) is 7.69. The SMILES string of the molecule is CCNC(CN(CCOC)CC(C)C)C1CCOC1. The van der Waals surface area contributed by atoms with Crippen molar-refractivity contribution in [3.05, 3.63) is 0 Å². The van der Waals surface area contributed by atoms with E-state index >= 15 is 0 Å². The Kier molecular flexibility index (Phi) is 8.62. The average molecular weight is 272 g/mol. The van der Waals surface area contributed by atoms with Gasteiger partial charge in [0, 0.05) is 45.3 Å². The average Bonchev–Trinajstić information content (AvgIpc) is 2.88. The molecule has 0 amide bonds. The molecule has 1 heterocycles. The van der Waals surface area contributed by atoms with Gasteiger partial charge in [-0.25, -0.2) is 0 Å². The Bertz CT molecular complexity index is 218. The lowest BCUT2D eigenvalue weighted by Crippen LogP contribution is -2.47. The molecule has 2 unspecified atom stereocenters. The molecule has 2 atom stereocenters. The monoisotopic (exact) mass is 272 g/mol. The summed E-state index contributed by atoms with van der Waals surface area (Å²) in [5, 5.41) is 3.64. The Morgan fingerprint density at radius 2 is 2.16 bits per heavy atom. The van der Waals surface area contributed by atoms with E-state index in [-0.39, 0.29) is 0 Å². The third-order valence-electron chi connectivity index (χ3n) is 3.69. The van der Waals surface area contributed by atoms with Crippen LogP contribution in [0.25, 0.3) is 0 Å². The van der Waals surface area contributed by atoms with Gasteiger partial charge in [0.15, 0.2) is 0 Å². The van der Waals surface area contributed by atoms with Crippen molar-refractivity contribution in [2.24, 2.45) is 11.8 Å². The summed E-state index contributed by atoms with van der Waals surface area (Å²) in [7, 11) is 1.78. The molecule has 1 N–H and O–H groups in total. The van der Waals surface area contributed by atoms with Gasteiger partial charge >= 0.3 is 0 Å². The lowest BCUT2D eigenvalue weighted by atomic mass is 9.98. The molecule has 0 aromatic rings. The molecule has 114 valence electrons. The quantitative estimate of drug-likeness (QED) is 0.655. The van der Waals surface area contributed by atoms with E-state index < -0.39 is 0 Å². The fourth-order valence-corrected chi connectivity index (χ4v) is 2.78. The molecular weight excluding hydrogens is 240 g/mol. The Labute approximate surface area is 118 Å². The first-order valence-corrected chi connectivity index (χ1v) is 7.69. The van der Waals surface area contributed by atoms with E-state index in [2.05, 4.69) is 31.0 Å². The molecule has 4 nitrogen and oxygen atoms in total. The number of likely N-dealkylation sites (N-methyl/N-ethyl adjacent to an activating group) is 1. The summed E-state index contributed by atoms with van der Waals surface area (Å²) in [5.41, 5.74) is 0. The zero-order valence-electron chi connectivity index (χ0n) is 13.2. The van der Waals surface area contributed by atoms with Gasteiger partial charge in [-0.2, -0.15) is 0 Å². The summed E-state index contributed by atoms with van der Waals surface area (Å²) in [4.78, 5) is 2.53. The number of rotatable bonds is 10. The number of ether oxygens (including phenoxy) is 2. The van der Waals surface area contributed by atoms with Gasteiger partial charge in [0.1, 0.15) is 0 Å². The maximum atomic E-state index is 5.54. The molecule has 1 fully saturated rings. The maximum Gasteiger partial charge on any atom is 0.0589 e. The summed E-state index contributed by atoms with van der Waals surface area (Å²) in [6.07, 6.45) is 1.19. The van der Waals surface area contributed by atoms with Gasteiger partial charge in [0.25, 0.3) is 0 Å². The largest absolute Gasteiger partial charge is 0.383 e. The van der Waals surface area contributed by atoms with Crippen molar-refractivity contribution < 1.29 is 9.47 Å². The van der Waals surface area contributed by atoms with Crippen molar-refractivity contribution in [3.8, 4) is 0 Å². The molecular formula is C15H32N2O2. The zero-order valence-corrected chi connectivity index (χ0v) is 13.2. The topological polar surface area (TPSA) is 33.7 Å². The Morgan fingerprint density at radius 3 is 2.68 bits per heavy atom. The third kappa shape index (κ3) is 6.70. The fourth-order valence-electron chi connectivity index (χ4n) is 2.78. The summed E-state index contributed by atoms with van der Waals surface area (Å²) >= 11 is 0. The first-order chi connectivity index (χ1) is 9.17. The van der Waals surface area contributed by atoms with E-state index in [1.165, 1.54) is 6.42 Å². The standard InChI is InChI=1S/C15H32N2O2/c1-5-16-15(14-6-8-19-12-14)11-17(7-9-18-4)10-13(2)3/h13-16H,5-12H2,1-4H3. The first kappa shape index (κ1) is 16.9. The second kappa shape index (κ2) is 9.70. The van der Waals surface area contributed by atoms with Crippen molar-refractivity contribution in [2.45, 2.75) is 33.2 Å². The van der Waals surface area contributed by atoms with Gasteiger partial charge in [-0.1, -0.05) is 20.8 Å². The Morgan fingerprint density at radius 1 is 1.37 bits per heavy atom. The number of methoxy groups -OCH3 is 1. The number of hydrogen-bond donors (Lipinski definition) is 1. The smallest absolute Gasteiger partial charge is 0.0589 e. The van der Waals surface area contributed by atoms with E-state index in [1.807, 2.05) is 0 Å². The van der Waals surface area contributed by atoms with Crippen molar-refractivity contribution in [3.63, 3.8) is 0 Å². The molecule has 19 heavy (non-hydrogen) atoms. The number of hydrogen-bond acceptors (Lipinski definition) is 4. The predicted molar refractivity (Wildman–Crippen MR) is 79.5 cm³/mol. The van der Waals surface area contributed by atoms with E-state index in [0.29, 0.717) is 17.9 Å². The Hall–Kier alpha value is -0.160. The molecule has 1 aliphatic rings. The van der Waals surface area contributed by atoms with Gasteiger partial charge in [0.2, 0.25) is 0 Å². The predicted octanol–water partition coefficient (Wildman–Crippen LogP) is 1.61. The Balaban J connectivity index is 2.49. The van der Waals surface area contributed by atoms with Gasteiger partial charge < -0.3 is 14.8 Å². The maximum absolute atomic E-state index is 5.54. The minimum absolute atomic E-state index is 0.545. The summed E-state index contributed by atoms with van der Waals surface area (Å²) < 4.78 is 10.8. The lowest BCUT2D eigenvalue weighted by molar-refractivity contribution is 0.119. The molecule has 1 saturated heterocycles. The van der Waals surface area contributed by atoms with Crippen LogP contribution in [0.1, 0.15) is 27.2 Å². The highest BCUT2D eigenvalue weighted by Crippen LogP contribution is 2.18. The lowest BCUT2D eigenvalue weighted by Gasteiger charge is -2.31. The van der Waals surface area contributed by atoms with Gasteiger partial charge in [-0.3, -0.25) is 4.90 Å². The summed E-state index contributed by atoms with van der Waals surface area (Å²) in [6.45, 7) is 13.7. The van der Waals surface area contributed by atoms with Crippen LogP contribution in [0.15, 0.2) is 0 Å². The second-order valence-electron chi connectivity index (χ2n) is 5.93. The van der Waals surface area contributed by atoms with Crippen LogP contribution in [0.2, 0.25) is 0 Å². The molecule has 1 aliphatic heterocycles. The van der Waals surface area contributed by atoms with E-state index in [0.717, 1.165) is 46.0 Å². The van der Waals surface area contributed by atoms with Crippen LogP contribution in [0.3, 0.4) is 0 Å². The number of nitrogens with one attached hydrogen (secondary N) is 1. The van der Waals surface area contributed by atoms with Crippen LogP contribution in [0.4, 0.5) is 0 Å². The number of nitrogens with zero attached hydrogens (tertiary/aromatic N) is 1. The van der Waals surface area contributed by atoms with Crippen molar-refractivity contribution >= 4 is 0 Å². The van der Waals surface area contributed by atoms with Crippen LogP contribution >= 0.6 is 0 Å². The molecule has 0 radical (unpaired) electrons. The second-order valence-corrected chi connectivity index (χ2v) is 5.93. The molecule has 0 saturated carbocycles. The van der Waals surface area contributed by atoms with Crippen LogP contribution in [0, 0.1) is 11.8 Å². The van der Waals surface area contributed by atoms with Gasteiger partial charge in [-0.15, -0.1) is 0 Å². The molecule has 0 aromatic carbocycles. The van der Waals surface area contributed by atoms with Crippen LogP contribution in [-0.4, -0.2) is 64.1 Å². The minimum atomic E-state index is 0.545. The highest BCUT2D eigenvalue weighted by Gasteiger charge is 2.26. The van der Waals surface area contributed by atoms with Crippen molar-refractivity contribution in [2.75, 3.05) is 53.1 Å². The fraction of sp³-hybridized carbons (Fsp3) is 1.00. The van der Waals surface area contributed by atoms with E-state index in [9.17, 15) is 0 Å². The third-order valence-corrected chi connectivity index (χ3v) is 3.69. The molecule has 4 heteroatoms. The highest BCUT2D eigenvalue weighted by atomic mass is 16.5. The van der Waals surface area contributed by atoms with Gasteiger partial charge in [0.05, 0.1) is 13.2 Å². The zero-order chi connectivity index (χ0) is 14.1. The van der Waals surface area contributed by atoms with Gasteiger partial charge in [-0.05, 0) is 18.9 Å². The van der Waals surface area contributed by atoms with E-state index in [4.69, 9.17) is 9.47 Å². The molecule has 0 spiro atoms. The van der Waals surface area contributed by atoms with E-state index in [1.54, 1.807) is 7.11 Å². The summed E-state index contributed by atoms with van der Waals surface area (Å²) in [5.74, 6) is 1.36. The van der Waals surface area contributed by atoms with Crippen LogP contribution < -0.4 is 5.32 Å². The highest BCUT2D eigenvalue weighted by molar-refractivity contribution is 4.82. The normalized spacial score (nSPS) is 21.5. The molecule has 0 bridgehead atoms. The van der Waals surface area contributed by atoms with Crippen molar-refractivity contribution in [1.82, 2.24) is 10.2 Å². The van der Waals surface area contributed by atoms with Crippen molar-refractivity contribution in [1.29, 1.82) is 0 Å². The van der Waals surface area contributed by atoms with Crippen LogP contribution in [-0.2, 0) is 9.47 Å². The molecule has 0 aromatic heterocycles.